The minimum atomic E-state index is -2.48. The molecule has 0 spiro atoms. The first-order valence-electron chi connectivity index (χ1n) is 5.95. The summed E-state index contributed by atoms with van der Waals surface area (Å²) in [6, 6.07) is 0. The van der Waals surface area contributed by atoms with E-state index in [9.17, 15) is 14.4 Å². The Kier molecular flexibility index (Phi) is 6.70. The molecule has 0 aliphatic carbocycles. The van der Waals surface area contributed by atoms with E-state index in [0.717, 1.165) is 0 Å². The second kappa shape index (κ2) is 7.80. The number of hydrogen-bond donors (Lipinski definition) is 1. The molecule has 0 aromatic heterocycles. The Morgan fingerprint density at radius 2 is 1.85 bits per heavy atom. The molecule has 0 aromatic rings. The van der Waals surface area contributed by atoms with E-state index in [2.05, 4.69) is 5.09 Å². The van der Waals surface area contributed by atoms with Crippen molar-refractivity contribution < 1.29 is 28.3 Å². The number of nitrogens with zero attached hydrogens (tertiary/aromatic N) is 1. The normalized spacial score (nSPS) is 15.8. The summed E-state index contributed by atoms with van der Waals surface area (Å²) < 4.78 is 10.0. The van der Waals surface area contributed by atoms with Crippen LogP contribution in [-0.2, 0) is 40.1 Å². The fourth-order valence-corrected chi connectivity index (χ4v) is 2.57. The van der Waals surface area contributed by atoms with E-state index < -0.39 is 24.4 Å². The Labute approximate surface area is 121 Å². The standard InChI is InChI=1S/C10H17N2O6PS/c1-16-19(20,17-2)11-7-3-4-10(15)18-12-8(13)5-6-9(12)14/h3-7H2,1-2H3,(H,11,20). The van der Waals surface area contributed by atoms with E-state index >= 15 is 0 Å². The van der Waals surface area contributed by atoms with Gasteiger partial charge in [0.25, 0.3) is 18.5 Å². The lowest BCUT2D eigenvalue weighted by Gasteiger charge is -2.18. The number of carbonyl (C=O) groups excluding carboxylic acids is 3. The first-order chi connectivity index (χ1) is 9.41. The summed E-state index contributed by atoms with van der Waals surface area (Å²) in [5, 5.41) is 3.42. The Hall–Kier alpha value is -0.860. The van der Waals surface area contributed by atoms with Gasteiger partial charge in [-0.15, -0.1) is 5.06 Å². The number of rotatable bonds is 8. The highest BCUT2D eigenvalue weighted by Gasteiger charge is 2.32. The van der Waals surface area contributed by atoms with E-state index in [1.54, 1.807) is 0 Å². The lowest BCUT2D eigenvalue weighted by Crippen LogP contribution is -2.32. The molecule has 1 aliphatic rings. The van der Waals surface area contributed by atoms with Crippen LogP contribution in [0, 0.1) is 0 Å². The molecule has 0 aromatic carbocycles. The zero-order chi connectivity index (χ0) is 15.2. The molecule has 1 heterocycles. The Bertz CT molecular complexity index is 419. The molecule has 0 atom stereocenters. The summed E-state index contributed by atoms with van der Waals surface area (Å²) in [5.74, 6) is -1.62. The third kappa shape index (κ3) is 4.92. The Morgan fingerprint density at radius 1 is 1.30 bits per heavy atom. The number of hydroxylamine groups is 2. The molecule has 114 valence electrons. The first-order valence-corrected chi connectivity index (χ1v) is 8.59. The molecule has 0 bridgehead atoms. The zero-order valence-corrected chi connectivity index (χ0v) is 13.0. The van der Waals surface area contributed by atoms with Crippen LogP contribution < -0.4 is 5.09 Å². The molecule has 1 aliphatic heterocycles. The van der Waals surface area contributed by atoms with Crippen molar-refractivity contribution in [3.63, 3.8) is 0 Å². The molecular formula is C10H17N2O6PS. The van der Waals surface area contributed by atoms with E-state index in [4.69, 9.17) is 25.7 Å². The monoisotopic (exact) mass is 324 g/mol. The maximum Gasteiger partial charge on any atom is 0.333 e. The second-order valence-electron chi connectivity index (χ2n) is 3.92. The van der Waals surface area contributed by atoms with E-state index in [1.165, 1.54) is 14.2 Å². The van der Waals surface area contributed by atoms with Gasteiger partial charge in [-0.2, -0.15) is 0 Å². The van der Waals surface area contributed by atoms with Gasteiger partial charge in [-0.3, -0.25) is 9.59 Å². The van der Waals surface area contributed by atoms with Crippen molar-refractivity contribution in [3.8, 4) is 0 Å². The van der Waals surface area contributed by atoms with Crippen LogP contribution in [0.5, 0.6) is 0 Å². The molecule has 20 heavy (non-hydrogen) atoms. The minimum absolute atomic E-state index is 0.0484. The molecule has 2 amide bonds. The van der Waals surface area contributed by atoms with Gasteiger partial charge in [0.2, 0.25) is 0 Å². The smallest absolute Gasteiger partial charge is 0.330 e. The van der Waals surface area contributed by atoms with E-state index in [1.807, 2.05) is 0 Å². The SMILES string of the molecule is COP(=S)(NCCCC(=O)ON1C(=O)CCC1=O)OC. The average molecular weight is 324 g/mol. The lowest BCUT2D eigenvalue weighted by molar-refractivity contribution is -0.197. The summed E-state index contributed by atoms with van der Waals surface area (Å²) in [6.45, 7) is -2.08. The maximum atomic E-state index is 11.5. The fourth-order valence-electron chi connectivity index (χ4n) is 1.46. The average Bonchev–Trinajstić information content (AvgIpc) is 2.75. The van der Waals surface area contributed by atoms with Crippen LogP contribution in [0.4, 0.5) is 0 Å². The van der Waals surface area contributed by atoms with Crippen LogP contribution in [0.1, 0.15) is 25.7 Å². The van der Waals surface area contributed by atoms with Gasteiger partial charge < -0.3 is 13.9 Å². The topological polar surface area (TPSA) is 94.2 Å². The van der Waals surface area contributed by atoms with Gasteiger partial charge in [0.15, 0.2) is 0 Å². The van der Waals surface area contributed by atoms with Crippen molar-refractivity contribution in [1.29, 1.82) is 0 Å². The number of carbonyl (C=O) groups is 3. The highest BCUT2D eigenvalue weighted by molar-refractivity contribution is 8.08. The fraction of sp³-hybridized carbons (Fsp3) is 0.700. The Morgan fingerprint density at radius 3 is 2.35 bits per heavy atom. The van der Waals surface area contributed by atoms with Crippen LogP contribution in [-0.4, -0.2) is 43.6 Å². The molecule has 8 nitrogen and oxygen atoms in total. The predicted molar refractivity (Wildman–Crippen MR) is 72.7 cm³/mol. The molecule has 0 unspecified atom stereocenters. The molecule has 1 fully saturated rings. The summed E-state index contributed by atoms with van der Waals surface area (Å²) in [7, 11) is 2.88. The van der Waals surface area contributed by atoms with Crippen molar-refractivity contribution in [2.24, 2.45) is 0 Å². The van der Waals surface area contributed by atoms with Crippen molar-refractivity contribution in [2.75, 3.05) is 20.8 Å². The molecule has 10 heteroatoms. The number of imide groups is 1. The van der Waals surface area contributed by atoms with Crippen LogP contribution in [0.3, 0.4) is 0 Å². The van der Waals surface area contributed by atoms with Crippen molar-refractivity contribution in [3.05, 3.63) is 0 Å². The molecule has 0 radical (unpaired) electrons. The van der Waals surface area contributed by atoms with Crippen LogP contribution in [0.15, 0.2) is 0 Å². The summed E-state index contributed by atoms with van der Waals surface area (Å²) >= 11 is 5.07. The largest absolute Gasteiger partial charge is 0.333 e. The highest BCUT2D eigenvalue weighted by atomic mass is 32.5. The predicted octanol–water partition coefficient (Wildman–Crippen LogP) is 0.481. The third-order valence-electron chi connectivity index (χ3n) is 2.54. The van der Waals surface area contributed by atoms with Gasteiger partial charge in [0.1, 0.15) is 0 Å². The maximum absolute atomic E-state index is 11.5. The zero-order valence-electron chi connectivity index (χ0n) is 11.3. The summed E-state index contributed by atoms with van der Waals surface area (Å²) in [4.78, 5) is 38.7. The first kappa shape index (κ1) is 17.2. The van der Waals surface area contributed by atoms with Crippen molar-refractivity contribution >= 4 is 36.2 Å². The van der Waals surface area contributed by atoms with Crippen molar-refractivity contribution in [2.45, 2.75) is 25.7 Å². The highest BCUT2D eigenvalue weighted by Crippen LogP contribution is 2.41. The molecule has 1 rings (SSSR count). The lowest BCUT2D eigenvalue weighted by atomic mass is 10.3. The van der Waals surface area contributed by atoms with Gasteiger partial charge in [0.05, 0.1) is 0 Å². The van der Waals surface area contributed by atoms with Gasteiger partial charge in [-0.1, -0.05) is 0 Å². The molecular weight excluding hydrogens is 307 g/mol. The Balaban J connectivity index is 2.26. The number of nitrogens with one attached hydrogen (secondary N) is 1. The minimum Gasteiger partial charge on any atom is -0.330 e. The van der Waals surface area contributed by atoms with Crippen molar-refractivity contribution in [1.82, 2.24) is 10.2 Å². The van der Waals surface area contributed by atoms with Crippen LogP contribution in [0.2, 0.25) is 0 Å². The van der Waals surface area contributed by atoms with Crippen LogP contribution >= 0.6 is 6.64 Å². The number of amides is 2. The summed E-state index contributed by atoms with van der Waals surface area (Å²) in [6.07, 6.45) is 0.629. The van der Waals surface area contributed by atoms with Gasteiger partial charge >= 0.3 is 5.97 Å². The van der Waals surface area contributed by atoms with E-state index in [-0.39, 0.29) is 19.3 Å². The third-order valence-corrected chi connectivity index (χ3v) is 5.40. The van der Waals surface area contributed by atoms with E-state index in [0.29, 0.717) is 18.0 Å². The summed E-state index contributed by atoms with van der Waals surface area (Å²) in [5.41, 5.74) is 0. The quantitative estimate of drug-likeness (QED) is 0.391. The molecule has 1 saturated heterocycles. The van der Waals surface area contributed by atoms with Gasteiger partial charge in [-0.25, -0.2) is 9.88 Å². The van der Waals surface area contributed by atoms with Crippen LogP contribution in [0.25, 0.3) is 0 Å². The molecule has 1 N–H and O–H groups in total. The second-order valence-corrected chi connectivity index (χ2v) is 7.40. The van der Waals surface area contributed by atoms with Gasteiger partial charge in [0, 0.05) is 40.0 Å². The van der Waals surface area contributed by atoms with Gasteiger partial charge in [-0.05, 0) is 18.2 Å². The number of hydrogen-bond acceptors (Lipinski definition) is 7. The molecule has 0 saturated carbocycles.